The molecule has 2 aromatic rings. The Balaban J connectivity index is 2.13. The lowest BCUT2D eigenvalue weighted by Gasteiger charge is -2.11. The Labute approximate surface area is 122 Å². The summed E-state index contributed by atoms with van der Waals surface area (Å²) in [5.74, 6) is 1.72. The molecule has 0 saturated heterocycles. The fourth-order valence-electron chi connectivity index (χ4n) is 1.82. The number of hydrogen-bond donors (Lipinski definition) is 0. The van der Waals surface area contributed by atoms with Crippen molar-refractivity contribution in [1.29, 1.82) is 0 Å². The molecule has 0 amide bonds. The number of halogens is 1. The average Bonchev–Trinajstić information content (AvgIpc) is 2.40. The van der Waals surface area contributed by atoms with Crippen LogP contribution in [0, 0.1) is 13.8 Å². The lowest BCUT2D eigenvalue weighted by molar-refractivity contribution is 0.296. The zero-order valence-electron chi connectivity index (χ0n) is 11.4. The molecule has 100 valence electrons. The van der Waals surface area contributed by atoms with Gasteiger partial charge in [-0.25, -0.2) is 0 Å². The summed E-state index contributed by atoms with van der Waals surface area (Å²) < 4.78 is 12.2. The average molecular weight is 321 g/mol. The first-order valence-electron chi connectivity index (χ1n) is 6.12. The summed E-state index contributed by atoms with van der Waals surface area (Å²) in [6.45, 7) is 4.67. The lowest BCUT2D eigenvalue weighted by atomic mass is 10.1. The lowest BCUT2D eigenvalue weighted by Crippen LogP contribution is -1.99. The number of ether oxygens (including phenoxy) is 2. The molecule has 0 aliphatic rings. The first kappa shape index (κ1) is 13.9. The van der Waals surface area contributed by atoms with Crippen molar-refractivity contribution in [3.8, 4) is 11.5 Å². The van der Waals surface area contributed by atoms with E-state index < -0.39 is 0 Å². The maximum Gasteiger partial charge on any atom is 0.125 e. The van der Waals surface area contributed by atoms with E-state index in [1.54, 1.807) is 7.11 Å². The van der Waals surface area contributed by atoms with E-state index in [1.165, 1.54) is 11.1 Å². The van der Waals surface area contributed by atoms with Gasteiger partial charge in [0.1, 0.15) is 18.1 Å². The molecule has 0 aliphatic heterocycles. The number of aryl methyl sites for hydroxylation is 2. The zero-order chi connectivity index (χ0) is 13.8. The maximum absolute atomic E-state index is 5.82. The van der Waals surface area contributed by atoms with Crippen molar-refractivity contribution in [3.63, 3.8) is 0 Å². The fourth-order valence-corrected chi connectivity index (χ4v) is 2.23. The summed E-state index contributed by atoms with van der Waals surface area (Å²) in [6, 6.07) is 12.0. The SMILES string of the molecule is COc1ccc(Br)cc1COc1ccc(C)c(C)c1. The minimum absolute atomic E-state index is 0.491. The van der Waals surface area contributed by atoms with Gasteiger partial charge in [-0.2, -0.15) is 0 Å². The fraction of sp³-hybridized carbons (Fsp3) is 0.250. The van der Waals surface area contributed by atoms with Gasteiger partial charge < -0.3 is 9.47 Å². The van der Waals surface area contributed by atoms with Crippen molar-refractivity contribution in [3.05, 3.63) is 57.6 Å². The molecule has 0 unspecified atom stereocenters. The predicted octanol–water partition coefficient (Wildman–Crippen LogP) is 4.65. The topological polar surface area (TPSA) is 18.5 Å². The van der Waals surface area contributed by atoms with E-state index in [9.17, 15) is 0 Å². The minimum Gasteiger partial charge on any atom is -0.496 e. The maximum atomic E-state index is 5.82. The Morgan fingerprint density at radius 3 is 2.47 bits per heavy atom. The van der Waals surface area contributed by atoms with E-state index in [4.69, 9.17) is 9.47 Å². The highest BCUT2D eigenvalue weighted by Crippen LogP contribution is 2.25. The second kappa shape index (κ2) is 6.11. The van der Waals surface area contributed by atoms with Crippen molar-refractivity contribution in [2.45, 2.75) is 20.5 Å². The molecule has 0 heterocycles. The monoisotopic (exact) mass is 320 g/mol. The summed E-state index contributed by atoms with van der Waals surface area (Å²) in [6.07, 6.45) is 0. The van der Waals surface area contributed by atoms with Crippen LogP contribution < -0.4 is 9.47 Å². The van der Waals surface area contributed by atoms with Crippen LogP contribution in [-0.2, 0) is 6.61 Å². The van der Waals surface area contributed by atoms with Gasteiger partial charge in [-0.1, -0.05) is 22.0 Å². The van der Waals surface area contributed by atoms with Crippen LogP contribution in [-0.4, -0.2) is 7.11 Å². The van der Waals surface area contributed by atoms with Crippen molar-refractivity contribution in [1.82, 2.24) is 0 Å². The van der Waals surface area contributed by atoms with E-state index in [0.717, 1.165) is 21.5 Å². The highest BCUT2D eigenvalue weighted by atomic mass is 79.9. The van der Waals surface area contributed by atoms with Crippen LogP contribution in [0.15, 0.2) is 40.9 Å². The molecule has 2 rings (SSSR count). The van der Waals surface area contributed by atoms with Crippen LogP contribution in [0.5, 0.6) is 11.5 Å². The van der Waals surface area contributed by atoms with E-state index in [0.29, 0.717) is 6.61 Å². The summed E-state index contributed by atoms with van der Waals surface area (Å²) >= 11 is 3.46. The third-order valence-corrected chi connectivity index (χ3v) is 3.61. The molecule has 0 aliphatic carbocycles. The Hall–Kier alpha value is -1.48. The Morgan fingerprint density at radius 1 is 1.00 bits per heavy atom. The summed E-state index contributed by atoms with van der Waals surface area (Å²) in [5.41, 5.74) is 3.53. The van der Waals surface area contributed by atoms with Gasteiger partial charge in [-0.05, 0) is 55.3 Å². The molecule has 0 fully saturated rings. The number of methoxy groups -OCH3 is 1. The Morgan fingerprint density at radius 2 is 1.79 bits per heavy atom. The van der Waals surface area contributed by atoms with Gasteiger partial charge in [0.25, 0.3) is 0 Å². The molecule has 0 radical (unpaired) electrons. The van der Waals surface area contributed by atoms with Crippen LogP contribution in [0.3, 0.4) is 0 Å². The summed E-state index contributed by atoms with van der Waals surface area (Å²) in [5, 5.41) is 0. The summed E-state index contributed by atoms with van der Waals surface area (Å²) in [4.78, 5) is 0. The van der Waals surface area contributed by atoms with Gasteiger partial charge in [0.05, 0.1) is 7.11 Å². The highest BCUT2D eigenvalue weighted by Gasteiger charge is 2.05. The standard InChI is InChI=1S/C16H17BrO2/c1-11-4-6-15(8-12(11)2)19-10-13-9-14(17)5-7-16(13)18-3/h4-9H,10H2,1-3H3. The third kappa shape index (κ3) is 3.51. The van der Waals surface area contributed by atoms with Gasteiger partial charge in [0, 0.05) is 10.0 Å². The normalized spacial score (nSPS) is 10.3. The van der Waals surface area contributed by atoms with Crippen LogP contribution in [0.1, 0.15) is 16.7 Å². The Kier molecular flexibility index (Phi) is 4.48. The van der Waals surface area contributed by atoms with Crippen LogP contribution in [0.4, 0.5) is 0 Å². The quantitative estimate of drug-likeness (QED) is 0.816. The minimum atomic E-state index is 0.491. The molecule has 3 heteroatoms. The largest absolute Gasteiger partial charge is 0.496 e. The van der Waals surface area contributed by atoms with E-state index in [-0.39, 0.29) is 0 Å². The van der Waals surface area contributed by atoms with Crippen molar-refractivity contribution in [2.24, 2.45) is 0 Å². The number of benzene rings is 2. The first-order chi connectivity index (χ1) is 9.10. The number of rotatable bonds is 4. The van der Waals surface area contributed by atoms with Crippen molar-refractivity contribution < 1.29 is 9.47 Å². The molecule has 19 heavy (non-hydrogen) atoms. The first-order valence-corrected chi connectivity index (χ1v) is 6.92. The predicted molar refractivity (Wildman–Crippen MR) is 80.9 cm³/mol. The van der Waals surface area contributed by atoms with E-state index >= 15 is 0 Å². The van der Waals surface area contributed by atoms with E-state index in [2.05, 4.69) is 41.9 Å². The van der Waals surface area contributed by atoms with E-state index in [1.807, 2.05) is 24.3 Å². The molecule has 2 nitrogen and oxygen atoms in total. The van der Waals surface area contributed by atoms with Crippen molar-refractivity contribution >= 4 is 15.9 Å². The molecule has 0 saturated carbocycles. The molecule has 2 aromatic carbocycles. The van der Waals surface area contributed by atoms with Gasteiger partial charge in [0.2, 0.25) is 0 Å². The zero-order valence-corrected chi connectivity index (χ0v) is 13.0. The van der Waals surface area contributed by atoms with Crippen LogP contribution in [0.25, 0.3) is 0 Å². The second-order valence-electron chi connectivity index (χ2n) is 4.49. The highest BCUT2D eigenvalue weighted by molar-refractivity contribution is 9.10. The molecular formula is C16H17BrO2. The van der Waals surface area contributed by atoms with Gasteiger partial charge in [-0.15, -0.1) is 0 Å². The molecule has 0 aromatic heterocycles. The molecular weight excluding hydrogens is 304 g/mol. The molecule has 0 bridgehead atoms. The van der Waals surface area contributed by atoms with Crippen LogP contribution in [0.2, 0.25) is 0 Å². The number of hydrogen-bond acceptors (Lipinski definition) is 2. The van der Waals surface area contributed by atoms with Crippen LogP contribution >= 0.6 is 15.9 Å². The second-order valence-corrected chi connectivity index (χ2v) is 5.41. The van der Waals surface area contributed by atoms with Gasteiger partial charge in [0.15, 0.2) is 0 Å². The van der Waals surface area contributed by atoms with Gasteiger partial charge in [-0.3, -0.25) is 0 Å². The molecule has 0 spiro atoms. The molecule has 0 atom stereocenters. The summed E-state index contributed by atoms with van der Waals surface area (Å²) in [7, 11) is 1.67. The smallest absolute Gasteiger partial charge is 0.125 e. The molecule has 0 N–H and O–H groups in total. The van der Waals surface area contributed by atoms with Crippen molar-refractivity contribution in [2.75, 3.05) is 7.11 Å². The Bertz CT molecular complexity index is 579. The third-order valence-electron chi connectivity index (χ3n) is 3.12. The van der Waals surface area contributed by atoms with Gasteiger partial charge >= 0.3 is 0 Å².